The molecule has 140 valence electrons. The zero-order valence-electron chi connectivity index (χ0n) is 15.6. The van der Waals surface area contributed by atoms with Gasteiger partial charge in [-0.15, -0.1) is 0 Å². The van der Waals surface area contributed by atoms with E-state index in [1.807, 2.05) is 36.4 Å². The van der Waals surface area contributed by atoms with E-state index in [1.165, 1.54) is 5.56 Å². The van der Waals surface area contributed by atoms with Crippen molar-refractivity contribution in [2.45, 2.75) is 20.0 Å². The number of hydrogen-bond donors (Lipinski definition) is 2. The number of pyridine rings is 1. The summed E-state index contributed by atoms with van der Waals surface area (Å²) >= 11 is 0. The van der Waals surface area contributed by atoms with E-state index in [4.69, 9.17) is 0 Å². The Kier molecular flexibility index (Phi) is 4.97. The number of phenolic OH excluding ortho intramolecular Hbond substituents is 1. The van der Waals surface area contributed by atoms with Gasteiger partial charge in [0.15, 0.2) is 0 Å². The number of phenols is 1. The normalized spacial score (nSPS) is 16.0. The second-order valence-corrected chi connectivity index (χ2v) is 7.44. The molecule has 0 bridgehead atoms. The molecule has 1 aliphatic rings. The highest BCUT2D eigenvalue weighted by atomic mass is 16.3. The molecule has 0 unspecified atom stereocenters. The lowest BCUT2D eigenvalue weighted by Gasteiger charge is -2.34. The fraction of sp³-hybridized carbons (Fsp3) is 0.318. The van der Waals surface area contributed by atoms with Crippen LogP contribution in [-0.2, 0) is 13.1 Å². The van der Waals surface area contributed by atoms with Crippen molar-refractivity contribution in [1.29, 1.82) is 0 Å². The van der Waals surface area contributed by atoms with E-state index in [-0.39, 0.29) is 5.56 Å². The average molecular weight is 363 g/mol. The predicted molar refractivity (Wildman–Crippen MR) is 108 cm³/mol. The Balaban J connectivity index is 1.40. The van der Waals surface area contributed by atoms with Crippen LogP contribution >= 0.6 is 0 Å². The number of H-pyrrole nitrogens is 1. The number of aromatic nitrogens is 1. The van der Waals surface area contributed by atoms with Crippen molar-refractivity contribution in [3.8, 4) is 5.75 Å². The Hall–Kier alpha value is -2.63. The lowest BCUT2D eigenvalue weighted by molar-refractivity contribution is 0.121. The Bertz CT molecular complexity index is 1000. The van der Waals surface area contributed by atoms with E-state index in [0.717, 1.165) is 54.8 Å². The summed E-state index contributed by atoms with van der Waals surface area (Å²) in [5.74, 6) is 0.317. The minimum absolute atomic E-state index is 0.00791. The maximum atomic E-state index is 12.4. The van der Waals surface area contributed by atoms with Crippen LogP contribution < -0.4 is 5.56 Å². The van der Waals surface area contributed by atoms with Gasteiger partial charge in [-0.2, -0.15) is 0 Å². The van der Waals surface area contributed by atoms with Crippen LogP contribution in [0.25, 0.3) is 10.9 Å². The summed E-state index contributed by atoms with van der Waals surface area (Å²) in [6, 6.07) is 15.6. The molecular formula is C22H25N3O2. The molecule has 0 aliphatic carbocycles. The highest BCUT2D eigenvalue weighted by Gasteiger charge is 2.18. The molecule has 1 fully saturated rings. The number of aryl methyl sites for hydroxylation is 1. The quantitative estimate of drug-likeness (QED) is 0.748. The molecule has 0 atom stereocenters. The first-order valence-electron chi connectivity index (χ1n) is 9.42. The molecule has 2 heterocycles. The fourth-order valence-electron chi connectivity index (χ4n) is 3.75. The highest BCUT2D eigenvalue weighted by molar-refractivity contribution is 5.79. The molecule has 3 aromatic rings. The molecule has 0 spiro atoms. The van der Waals surface area contributed by atoms with Gasteiger partial charge in [-0.1, -0.05) is 23.8 Å². The minimum Gasteiger partial charge on any atom is -0.508 e. The Morgan fingerprint density at radius 3 is 2.44 bits per heavy atom. The molecule has 1 saturated heterocycles. The van der Waals surface area contributed by atoms with E-state index < -0.39 is 0 Å². The summed E-state index contributed by atoms with van der Waals surface area (Å²) in [5, 5.41) is 10.7. The number of hydrogen-bond acceptors (Lipinski definition) is 4. The Morgan fingerprint density at radius 1 is 0.963 bits per heavy atom. The first-order chi connectivity index (χ1) is 13.1. The fourth-order valence-corrected chi connectivity index (χ4v) is 3.75. The van der Waals surface area contributed by atoms with Gasteiger partial charge in [0.2, 0.25) is 0 Å². The number of aromatic amines is 1. The maximum Gasteiger partial charge on any atom is 0.252 e. The van der Waals surface area contributed by atoms with Crippen LogP contribution in [0.15, 0.2) is 53.3 Å². The summed E-state index contributed by atoms with van der Waals surface area (Å²) in [4.78, 5) is 20.1. The number of piperazine rings is 1. The number of nitrogens with one attached hydrogen (secondary N) is 1. The van der Waals surface area contributed by atoms with E-state index in [1.54, 1.807) is 6.07 Å². The lowest BCUT2D eigenvalue weighted by atomic mass is 10.1. The van der Waals surface area contributed by atoms with Crippen molar-refractivity contribution < 1.29 is 5.11 Å². The SMILES string of the molecule is Cc1ccc2[nH]c(=O)c(CN3CCN(Cc4cccc(O)c4)CC3)cc2c1. The monoisotopic (exact) mass is 363 g/mol. The zero-order chi connectivity index (χ0) is 18.8. The van der Waals surface area contributed by atoms with E-state index in [9.17, 15) is 9.90 Å². The van der Waals surface area contributed by atoms with Crippen LogP contribution in [-0.4, -0.2) is 46.1 Å². The lowest BCUT2D eigenvalue weighted by Crippen LogP contribution is -2.45. The van der Waals surface area contributed by atoms with Crippen LogP contribution in [0.1, 0.15) is 16.7 Å². The highest BCUT2D eigenvalue weighted by Crippen LogP contribution is 2.16. The van der Waals surface area contributed by atoms with Crippen LogP contribution in [0, 0.1) is 6.92 Å². The van der Waals surface area contributed by atoms with Gasteiger partial charge in [-0.05, 0) is 48.2 Å². The second-order valence-electron chi connectivity index (χ2n) is 7.44. The summed E-state index contributed by atoms with van der Waals surface area (Å²) in [6.07, 6.45) is 0. The topological polar surface area (TPSA) is 59.6 Å². The first-order valence-corrected chi connectivity index (χ1v) is 9.42. The smallest absolute Gasteiger partial charge is 0.252 e. The molecule has 1 aromatic heterocycles. The predicted octanol–water partition coefficient (Wildman–Crippen LogP) is 2.86. The molecule has 2 N–H and O–H groups in total. The molecule has 5 heteroatoms. The van der Waals surface area contributed by atoms with Crippen LogP contribution in [0.2, 0.25) is 0 Å². The maximum absolute atomic E-state index is 12.4. The zero-order valence-corrected chi connectivity index (χ0v) is 15.6. The van der Waals surface area contributed by atoms with Crippen molar-refractivity contribution in [2.75, 3.05) is 26.2 Å². The third-order valence-electron chi connectivity index (χ3n) is 5.25. The summed E-state index contributed by atoms with van der Waals surface area (Å²) < 4.78 is 0. The first kappa shape index (κ1) is 17.8. The van der Waals surface area contributed by atoms with Gasteiger partial charge >= 0.3 is 0 Å². The van der Waals surface area contributed by atoms with Crippen molar-refractivity contribution in [2.24, 2.45) is 0 Å². The average Bonchev–Trinajstić information content (AvgIpc) is 2.64. The summed E-state index contributed by atoms with van der Waals surface area (Å²) in [7, 11) is 0. The molecule has 0 amide bonds. The third-order valence-corrected chi connectivity index (χ3v) is 5.25. The summed E-state index contributed by atoms with van der Waals surface area (Å²) in [5.41, 5.74) is 4.05. The van der Waals surface area contributed by atoms with Gasteiger partial charge in [-0.3, -0.25) is 14.6 Å². The van der Waals surface area contributed by atoms with Gasteiger partial charge < -0.3 is 10.1 Å². The van der Waals surface area contributed by atoms with Gasteiger partial charge in [0.25, 0.3) is 5.56 Å². The van der Waals surface area contributed by atoms with Gasteiger partial charge in [0.1, 0.15) is 5.75 Å². The van der Waals surface area contributed by atoms with Gasteiger partial charge in [-0.25, -0.2) is 0 Å². The van der Waals surface area contributed by atoms with Crippen molar-refractivity contribution in [1.82, 2.24) is 14.8 Å². The van der Waals surface area contributed by atoms with Crippen LogP contribution in [0.4, 0.5) is 0 Å². The summed E-state index contributed by atoms with van der Waals surface area (Å²) in [6.45, 7) is 7.38. The van der Waals surface area contributed by atoms with Crippen molar-refractivity contribution in [3.05, 3.63) is 75.6 Å². The molecule has 0 saturated carbocycles. The van der Waals surface area contributed by atoms with E-state index in [2.05, 4.69) is 27.8 Å². The minimum atomic E-state index is 0.00791. The number of rotatable bonds is 4. The number of aromatic hydroxyl groups is 1. The number of nitrogens with zero attached hydrogens (tertiary/aromatic N) is 2. The number of fused-ring (bicyclic) bond motifs is 1. The standard InChI is InChI=1S/C22H25N3O2/c1-16-5-6-21-18(11-16)13-19(22(27)23-21)15-25-9-7-24(8-10-25)14-17-3-2-4-20(26)12-17/h2-6,11-13,26H,7-10,14-15H2,1H3,(H,23,27). The molecule has 5 nitrogen and oxygen atoms in total. The third kappa shape index (κ3) is 4.21. The van der Waals surface area contributed by atoms with Crippen LogP contribution in [0.3, 0.4) is 0 Å². The van der Waals surface area contributed by atoms with Crippen molar-refractivity contribution in [3.63, 3.8) is 0 Å². The van der Waals surface area contributed by atoms with E-state index in [0.29, 0.717) is 12.3 Å². The van der Waals surface area contributed by atoms with Crippen LogP contribution in [0.5, 0.6) is 5.75 Å². The van der Waals surface area contributed by atoms with Gasteiger partial charge in [0.05, 0.1) is 0 Å². The Morgan fingerprint density at radius 2 is 1.70 bits per heavy atom. The van der Waals surface area contributed by atoms with Gasteiger partial charge in [0, 0.05) is 50.3 Å². The molecule has 27 heavy (non-hydrogen) atoms. The molecule has 1 aliphatic heterocycles. The number of benzene rings is 2. The second kappa shape index (κ2) is 7.55. The van der Waals surface area contributed by atoms with E-state index >= 15 is 0 Å². The van der Waals surface area contributed by atoms with Crippen molar-refractivity contribution >= 4 is 10.9 Å². The Labute approximate surface area is 158 Å². The molecule has 2 aromatic carbocycles. The largest absolute Gasteiger partial charge is 0.508 e. The molecular weight excluding hydrogens is 338 g/mol. The molecule has 0 radical (unpaired) electrons. The molecule has 4 rings (SSSR count).